The van der Waals surface area contributed by atoms with Gasteiger partial charge in [0.15, 0.2) is 0 Å². The average molecular weight is 281 g/mol. The van der Waals surface area contributed by atoms with Gasteiger partial charge in [0.1, 0.15) is 0 Å². The van der Waals surface area contributed by atoms with Crippen LogP contribution in [-0.2, 0) is 0 Å². The molecule has 2 rings (SSSR count). The summed E-state index contributed by atoms with van der Waals surface area (Å²) in [5, 5.41) is 0. The number of hydrogen-bond donors (Lipinski definition) is 0. The maximum Gasteiger partial charge on any atom is 0.0440 e. The quantitative estimate of drug-likeness (QED) is 0.698. The van der Waals surface area contributed by atoms with E-state index in [0.717, 1.165) is 0 Å². The van der Waals surface area contributed by atoms with Gasteiger partial charge in [-0.2, -0.15) is 0 Å². The van der Waals surface area contributed by atoms with E-state index in [2.05, 4.69) is 89.2 Å². The summed E-state index contributed by atoms with van der Waals surface area (Å²) < 4.78 is 0. The lowest BCUT2D eigenvalue weighted by Gasteiger charge is -2.24. The highest BCUT2D eigenvalue weighted by Crippen LogP contribution is 2.40. The molecule has 112 valence electrons. The van der Waals surface area contributed by atoms with Crippen LogP contribution in [0.3, 0.4) is 0 Å². The van der Waals surface area contributed by atoms with E-state index in [1.165, 1.54) is 27.9 Å². The van der Waals surface area contributed by atoms with Gasteiger partial charge in [-0.25, -0.2) is 0 Å². The van der Waals surface area contributed by atoms with Crippen LogP contribution in [0.4, 0.5) is 5.69 Å². The minimum Gasteiger partial charge on any atom is -0.377 e. The molecule has 0 aliphatic heterocycles. The van der Waals surface area contributed by atoms with Gasteiger partial charge in [-0.1, -0.05) is 64.1 Å². The molecule has 0 radical (unpaired) electrons. The topological polar surface area (TPSA) is 3.24 Å². The molecule has 0 saturated heterocycles. The largest absolute Gasteiger partial charge is 0.377 e. The van der Waals surface area contributed by atoms with Crippen molar-refractivity contribution >= 4 is 5.69 Å². The lowest BCUT2D eigenvalue weighted by Crippen LogP contribution is -2.11. The first-order valence-electron chi connectivity index (χ1n) is 7.83. The Hall–Kier alpha value is -1.76. The number of rotatable bonds is 4. The van der Waals surface area contributed by atoms with Crippen molar-refractivity contribution < 1.29 is 0 Å². The summed E-state index contributed by atoms with van der Waals surface area (Å²) in [6.45, 7) is 9.12. The monoisotopic (exact) mass is 281 g/mol. The minimum absolute atomic E-state index is 0.522. The van der Waals surface area contributed by atoms with Gasteiger partial charge >= 0.3 is 0 Å². The first kappa shape index (κ1) is 15.6. The Bertz CT molecular complexity index is 583. The molecule has 0 aromatic heterocycles. The van der Waals surface area contributed by atoms with Gasteiger partial charge in [0.2, 0.25) is 0 Å². The van der Waals surface area contributed by atoms with Crippen LogP contribution in [0.15, 0.2) is 42.5 Å². The van der Waals surface area contributed by atoms with Crippen LogP contribution < -0.4 is 4.90 Å². The Morgan fingerprint density at radius 3 is 1.71 bits per heavy atom. The molecule has 0 unspecified atom stereocenters. The molecule has 0 saturated carbocycles. The second kappa shape index (κ2) is 6.34. The van der Waals surface area contributed by atoms with E-state index in [1.54, 1.807) is 0 Å². The highest BCUT2D eigenvalue weighted by atomic mass is 15.1. The maximum absolute atomic E-state index is 2.28. The highest BCUT2D eigenvalue weighted by molar-refractivity contribution is 5.83. The molecule has 2 aromatic rings. The first-order valence-corrected chi connectivity index (χ1v) is 7.83. The van der Waals surface area contributed by atoms with E-state index in [4.69, 9.17) is 0 Å². The van der Waals surface area contributed by atoms with Crippen LogP contribution in [-0.4, -0.2) is 14.1 Å². The van der Waals surface area contributed by atoms with E-state index in [1.807, 2.05) is 0 Å². The van der Waals surface area contributed by atoms with Crippen molar-refractivity contribution in [3.05, 3.63) is 53.6 Å². The minimum atomic E-state index is 0.522. The van der Waals surface area contributed by atoms with Crippen molar-refractivity contribution in [3.8, 4) is 11.1 Å². The predicted molar refractivity (Wildman–Crippen MR) is 94.4 cm³/mol. The van der Waals surface area contributed by atoms with Crippen LogP contribution >= 0.6 is 0 Å². The lowest BCUT2D eigenvalue weighted by atomic mass is 9.84. The molecular formula is C20H27N. The van der Waals surface area contributed by atoms with E-state index >= 15 is 0 Å². The van der Waals surface area contributed by atoms with Gasteiger partial charge in [0.05, 0.1) is 0 Å². The molecule has 0 atom stereocenters. The van der Waals surface area contributed by atoms with E-state index in [9.17, 15) is 0 Å². The second-order valence-electron chi connectivity index (χ2n) is 6.53. The smallest absolute Gasteiger partial charge is 0.0440 e. The molecule has 1 heteroatoms. The maximum atomic E-state index is 2.28. The molecular weight excluding hydrogens is 254 g/mol. The molecule has 1 nitrogen and oxygen atoms in total. The third-order valence-electron chi connectivity index (χ3n) is 4.03. The van der Waals surface area contributed by atoms with Gasteiger partial charge in [-0.05, 0) is 34.6 Å². The summed E-state index contributed by atoms with van der Waals surface area (Å²) in [7, 11) is 4.23. The summed E-state index contributed by atoms with van der Waals surface area (Å²) in [5.74, 6) is 1.04. The fourth-order valence-electron chi connectivity index (χ4n) is 2.94. The normalized spacial score (nSPS) is 11.2. The third-order valence-corrected chi connectivity index (χ3v) is 4.03. The first-order chi connectivity index (χ1) is 9.93. The van der Waals surface area contributed by atoms with Gasteiger partial charge in [-0.3, -0.25) is 0 Å². The van der Waals surface area contributed by atoms with Crippen molar-refractivity contribution in [1.29, 1.82) is 0 Å². The molecule has 0 amide bonds. The Morgan fingerprint density at radius 1 is 0.714 bits per heavy atom. The van der Waals surface area contributed by atoms with Gasteiger partial charge in [0.25, 0.3) is 0 Å². The van der Waals surface area contributed by atoms with Crippen LogP contribution in [0.1, 0.15) is 50.7 Å². The summed E-state index contributed by atoms with van der Waals surface area (Å²) in [5.41, 5.74) is 6.93. The van der Waals surface area contributed by atoms with Crippen molar-refractivity contribution in [1.82, 2.24) is 0 Å². The standard InChI is InChI=1S/C20H27N/c1-14(2)16-11-9-12-17(15(3)4)20(16)18-10-7-8-13-19(18)21(5)6/h7-15H,1-6H3. The fourth-order valence-corrected chi connectivity index (χ4v) is 2.94. The Kier molecular flexibility index (Phi) is 4.72. The van der Waals surface area contributed by atoms with Crippen molar-refractivity contribution in [2.45, 2.75) is 39.5 Å². The van der Waals surface area contributed by atoms with E-state index in [-0.39, 0.29) is 0 Å². The van der Waals surface area contributed by atoms with E-state index < -0.39 is 0 Å². The molecule has 2 aromatic carbocycles. The van der Waals surface area contributed by atoms with Gasteiger partial charge in [-0.15, -0.1) is 0 Å². The Morgan fingerprint density at radius 2 is 1.24 bits per heavy atom. The Labute approximate surface area is 129 Å². The predicted octanol–water partition coefficient (Wildman–Crippen LogP) is 5.67. The summed E-state index contributed by atoms with van der Waals surface area (Å²) in [6.07, 6.45) is 0. The van der Waals surface area contributed by atoms with Gasteiger partial charge < -0.3 is 4.90 Å². The second-order valence-corrected chi connectivity index (χ2v) is 6.53. The van der Waals surface area contributed by atoms with Crippen LogP contribution in [0.5, 0.6) is 0 Å². The molecule has 0 spiro atoms. The zero-order valence-corrected chi connectivity index (χ0v) is 14.1. The van der Waals surface area contributed by atoms with Crippen LogP contribution in [0.2, 0.25) is 0 Å². The summed E-state index contributed by atoms with van der Waals surface area (Å²) >= 11 is 0. The number of anilines is 1. The number of para-hydroxylation sites is 1. The fraction of sp³-hybridized carbons (Fsp3) is 0.400. The number of hydrogen-bond acceptors (Lipinski definition) is 1. The molecule has 0 bridgehead atoms. The summed E-state index contributed by atoms with van der Waals surface area (Å²) in [4.78, 5) is 2.20. The number of nitrogens with zero attached hydrogens (tertiary/aromatic N) is 1. The molecule has 0 aliphatic rings. The average Bonchev–Trinajstić information content (AvgIpc) is 2.46. The molecule has 0 N–H and O–H groups in total. The highest BCUT2D eigenvalue weighted by Gasteiger charge is 2.18. The van der Waals surface area contributed by atoms with E-state index in [0.29, 0.717) is 11.8 Å². The molecule has 0 heterocycles. The zero-order chi connectivity index (χ0) is 15.6. The SMILES string of the molecule is CC(C)c1cccc(C(C)C)c1-c1ccccc1N(C)C. The Balaban J connectivity index is 2.79. The lowest BCUT2D eigenvalue weighted by molar-refractivity contribution is 0.838. The van der Waals surface area contributed by atoms with Crippen molar-refractivity contribution in [2.75, 3.05) is 19.0 Å². The van der Waals surface area contributed by atoms with Gasteiger partial charge in [0, 0.05) is 25.3 Å². The number of benzene rings is 2. The summed E-state index contributed by atoms with van der Waals surface area (Å²) in [6, 6.07) is 15.5. The molecule has 0 aliphatic carbocycles. The third kappa shape index (κ3) is 3.12. The van der Waals surface area contributed by atoms with Crippen molar-refractivity contribution in [2.24, 2.45) is 0 Å². The van der Waals surface area contributed by atoms with Crippen molar-refractivity contribution in [3.63, 3.8) is 0 Å². The zero-order valence-electron chi connectivity index (χ0n) is 14.1. The van der Waals surface area contributed by atoms with Crippen LogP contribution in [0.25, 0.3) is 11.1 Å². The molecule has 0 fully saturated rings. The molecule has 21 heavy (non-hydrogen) atoms. The van der Waals surface area contributed by atoms with Crippen LogP contribution in [0, 0.1) is 0 Å².